The second-order valence-electron chi connectivity index (χ2n) is 5.76. The highest BCUT2D eigenvalue weighted by Crippen LogP contribution is 2.35. The zero-order valence-corrected chi connectivity index (χ0v) is 15.1. The van der Waals surface area contributed by atoms with Crippen LogP contribution >= 0.6 is 11.8 Å². The van der Waals surface area contributed by atoms with Crippen LogP contribution in [-0.4, -0.2) is 30.9 Å². The molecule has 0 saturated carbocycles. The van der Waals surface area contributed by atoms with Gasteiger partial charge in [-0.3, -0.25) is 14.9 Å². The van der Waals surface area contributed by atoms with Crippen LogP contribution in [0.4, 0.5) is 5.69 Å². The van der Waals surface area contributed by atoms with E-state index in [-0.39, 0.29) is 17.0 Å². The molecule has 1 aromatic heterocycles. The quantitative estimate of drug-likeness (QED) is 0.385. The number of benzene rings is 2. The summed E-state index contributed by atoms with van der Waals surface area (Å²) in [4.78, 5) is 22.7. The van der Waals surface area contributed by atoms with Crippen LogP contribution in [0.25, 0.3) is 5.69 Å². The van der Waals surface area contributed by atoms with Crippen molar-refractivity contribution in [2.45, 2.75) is 30.8 Å². The van der Waals surface area contributed by atoms with E-state index in [1.165, 1.54) is 13.0 Å². The summed E-state index contributed by atoms with van der Waals surface area (Å²) in [6.45, 7) is 5.31. The summed E-state index contributed by atoms with van der Waals surface area (Å²) in [6.07, 6.45) is 0. The van der Waals surface area contributed by atoms with Crippen LogP contribution in [0.15, 0.2) is 46.5 Å². The molecule has 3 rings (SSSR count). The molecule has 0 N–H and O–H groups in total. The summed E-state index contributed by atoms with van der Waals surface area (Å²) >= 11 is 1.08. The van der Waals surface area contributed by atoms with Crippen LogP contribution in [0.2, 0.25) is 0 Å². The molecule has 132 valence electrons. The maximum Gasteiger partial charge on any atom is 0.284 e. The van der Waals surface area contributed by atoms with Crippen LogP contribution in [0.1, 0.15) is 28.4 Å². The number of aryl methyl sites for hydroxylation is 2. The lowest BCUT2D eigenvalue weighted by atomic mass is 10.1. The molecule has 1 heterocycles. The molecule has 9 heteroatoms. The van der Waals surface area contributed by atoms with Crippen molar-refractivity contribution in [2.75, 3.05) is 0 Å². The predicted octanol–water partition coefficient (Wildman–Crippen LogP) is 3.54. The van der Waals surface area contributed by atoms with Gasteiger partial charge < -0.3 is 0 Å². The smallest absolute Gasteiger partial charge is 0.284 e. The topological polar surface area (TPSA) is 104 Å². The number of nitrogens with zero attached hydrogens (tertiary/aromatic N) is 5. The van der Waals surface area contributed by atoms with Gasteiger partial charge in [-0.05, 0) is 66.7 Å². The first kappa shape index (κ1) is 17.7. The Balaban J connectivity index is 2.02. The van der Waals surface area contributed by atoms with Gasteiger partial charge in [-0.15, -0.1) is 5.10 Å². The van der Waals surface area contributed by atoms with Crippen molar-refractivity contribution < 1.29 is 9.72 Å². The normalized spacial score (nSPS) is 10.7. The lowest BCUT2D eigenvalue weighted by Gasteiger charge is -2.08. The first-order valence-electron chi connectivity index (χ1n) is 7.70. The van der Waals surface area contributed by atoms with Crippen LogP contribution in [0.5, 0.6) is 0 Å². The number of Topliss-reactive ketones (excluding diaryl/α,β-unsaturated/α-hetero) is 1. The summed E-state index contributed by atoms with van der Waals surface area (Å²) in [5, 5.41) is 23.5. The van der Waals surface area contributed by atoms with Crippen molar-refractivity contribution >= 4 is 23.2 Å². The predicted molar refractivity (Wildman–Crippen MR) is 95.9 cm³/mol. The van der Waals surface area contributed by atoms with Crippen molar-refractivity contribution in [2.24, 2.45) is 0 Å². The number of nitro benzene ring substituents is 1. The summed E-state index contributed by atoms with van der Waals surface area (Å²) < 4.78 is 1.54. The average Bonchev–Trinajstić information content (AvgIpc) is 3.02. The summed E-state index contributed by atoms with van der Waals surface area (Å²) in [7, 11) is 0. The minimum atomic E-state index is -0.514. The van der Waals surface area contributed by atoms with Gasteiger partial charge >= 0.3 is 0 Å². The number of nitro groups is 1. The number of tetrazole rings is 1. The molecule has 26 heavy (non-hydrogen) atoms. The van der Waals surface area contributed by atoms with Crippen molar-refractivity contribution in [3.8, 4) is 5.69 Å². The van der Waals surface area contributed by atoms with E-state index in [1.807, 2.05) is 32.0 Å². The van der Waals surface area contributed by atoms with E-state index in [0.29, 0.717) is 10.1 Å². The van der Waals surface area contributed by atoms with Gasteiger partial charge in [-0.25, -0.2) is 0 Å². The second kappa shape index (κ2) is 7.04. The third-order valence-electron chi connectivity index (χ3n) is 3.78. The highest BCUT2D eigenvalue weighted by atomic mass is 32.2. The molecule has 0 amide bonds. The van der Waals surface area contributed by atoms with E-state index in [9.17, 15) is 14.9 Å². The highest BCUT2D eigenvalue weighted by molar-refractivity contribution is 7.99. The van der Waals surface area contributed by atoms with Crippen molar-refractivity contribution in [3.63, 3.8) is 0 Å². The lowest BCUT2D eigenvalue weighted by Crippen LogP contribution is -2.02. The zero-order valence-electron chi connectivity index (χ0n) is 14.3. The minimum Gasteiger partial charge on any atom is -0.295 e. The molecule has 0 fully saturated rings. The highest BCUT2D eigenvalue weighted by Gasteiger charge is 2.20. The molecular weight excluding hydrogens is 354 g/mol. The second-order valence-corrected chi connectivity index (χ2v) is 6.77. The standard InChI is InChI=1S/C17H15N5O3S/c1-10-4-6-14(11(2)8-10)21-17(18-19-20-21)26-16-7-5-13(12(3)23)9-15(16)22(24)25/h4-9H,1-3H3. The SMILES string of the molecule is CC(=O)c1ccc(Sc2nnnn2-c2ccc(C)cc2C)c([N+](=O)[O-])c1. The zero-order chi connectivity index (χ0) is 18.8. The molecule has 0 saturated heterocycles. The lowest BCUT2D eigenvalue weighted by molar-refractivity contribution is -0.387. The molecule has 0 aliphatic heterocycles. The van der Waals surface area contributed by atoms with E-state index in [2.05, 4.69) is 15.5 Å². The van der Waals surface area contributed by atoms with Crippen molar-refractivity contribution in [3.05, 3.63) is 63.2 Å². The van der Waals surface area contributed by atoms with Gasteiger partial charge in [0.2, 0.25) is 5.16 Å². The van der Waals surface area contributed by atoms with Crippen LogP contribution in [0.3, 0.4) is 0 Å². The van der Waals surface area contributed by atoms with Gasteiger partial charge in [0, 0.05) is 11.6 Å². The third-order valence-corrected chi connectivity index (χ3v) is 4.79. The number of ketones is 1. The number of rotatable bonds is 5. The van der Waals surface area contributed by atoms with Gasteiger partial charge in [0.1, 0.15) is 0 Å². The Morgan fingerprint density at radius 3 is 2.62 bits per heavy atom. The Hall–Kier alpha value is -3.07. The van der Waals surface area contributed by atoms with Gasteiger partial charge in [0.15, 0.2) is 5.78 Å². The molecule has 0 aliphatic carbocycles. The van der Waals surface area contributed by atoms with E-state index in [1.54, 1.807) is 16.8 Å². The molecular formula is C17H15N5O3S. The maximum absolute atomic E-state index is 11.5. The Bertz CT molecular complexity index is 1020. The average molecular weight is 369 g/mol. The molecule has 0 radical (unpaired) electrons. The summed E-state index contributed by atoms with van der Waals surface area (Å²) in [6, 6.07) is 10.2. The number of aromatic nitrogens is 4. The Morgan fingerprint density at radius 1 is 1.19 bits per heavy atom. The van der Waals surface area contributed by atoms with Gasteiger partial charge in [0.05, 0.1) is 15.5 Å². The summed E-state index contributed by atoms with van der Waals surface area (Å²) in [5.74, 6) is -0.232. The van der Waals surface area contributed by atoms with Crippen LogP contribution in [0, 0.1) is 24.0 Å². The van der Waals surface area contributed by atoms with Gasteiger partial charge in [-0.2, -0.15) is 4.68 Å². The number of hydrogen-bond acceptors (Lipinski definition) is 7. The molecule has 3 aromatic rings. The van der Waals surface area contributed by atoms with E-state index < -0.39 is 4.92 Å². The Kier molecular flexibility index (Phi) is 4.81. The fourth-order valence-corrected chi connectivity index (χ4v) is 3.37. The molecule has 2 aromatic carbocycles. The molecule has 8 nitrogen and oxygen atoms in total. The largest absolute Gasteiger partial charge is 0.295 e. The van der Waals surface area contributed by atoms with Crippen LogP contribution < -0.4 is 0 Å². The number of carbonyl (C=O) groups excluding carboxylic acids is 1. The first-order chi connectivity index (χ1) is 12.4. The molecule has 0 unspecified atom stereocenters. The molecule has 0 aliphatic rings. The Labute approximate surface area is 153 Å². The number of carbonyl (C=O) groups is 1. The van der Waals surface area contributed by atoms with E-state index in [0.717, 1.165) is 28.6 Å². The minimum absolute atomic E-state index is 0.155. The molecule has 0 bridgehead atoms. The maximum atomic E-state index is 11.5. The third kappa shape index (κ3) is 3.47. The Morgan fingerprint density at radius 2 is 1.96 bits per heavy atom. The van der Waals surface area contributed by atoms with Gasteiger partial charge in [0.25, 0.3) is 5.69 Å². The van der Waals surface area contributed by atoms with E-state index in [4.69, 9.17) is 0 Å². The molecule has 0 atom stereocenters. The monoisotopic (exact) mass is 369 g/mol. The summed E-state index contributed by atoms with van der Waals surface area (Å²) in [5.41, 5.74) is 3.03. The first-order valence-corrected chi connectivity index (χ1v) is 8.51. The van der Waals surface area contributed by atoms with Crippen molar-refractivity contribution in [1.82, 2.24) is 20.2 Å². The van der Waals surface area contributed by atoms with Crippen LogP contribution in [-0.2, 0) is 0 Å². The van der Waals surface area contributed by atoms with Crippen molar-refractivity contribution in [1.29, 1.82) is 0 Å². The fourth-order valence-electron chi connectivity index (χ4n) is 2.50. The van der Waals surface area contributed by atoms with Gasteiger partial charge in [-0.1, -0.05) is 17.7 Å². The fraction of sp³-hybridized carbons (Fsp3) is 0.176. The number of hydrogen-bond donors (Lipinski definition) is 0. The molecule has 0 spiro atoms. The van der Waals surface area contributed by atoms with E-state index >= 15 is 0 Å².